The fraction of sp³-hybridized carbons (Fsp3) is 0.250. The largest absolute Gasteiger partial charge is 0.383 e. The van der Waals surface area contributed by atoms with Crippen LogP contribution in [0.1, 0.15) is 6.92 Å². The van der Waals surface area contributed by atoms with Gasteiger partial charge in [0.2, 0.25) is 11.7 Å². The molecular weight excluding hydrogens is 306 g/mol. The molecular formula is C16H17N7O. The Labute approximate surface area is 137 Å². The maximum absolute atomic E-state index is 5.11. The average molecular weight is 323 g/mol. The van der Waals surface area contributed by atoms with Crippen LogP contribution in [-0.4, -0.2) is 49.1 Å². The third-order valence-electron chi connectivity index (χ3n) is 3.78. The Balaban J connectivity index is 1.69. The van der Waals surface area contributed by atoms with Crippen molar-refractivity contribution in [2.45, 2.75) is 13.0 Å². The van der Waals surface area contributed by atoms with Crippen LogP contribution >= 0.6 is 0 Å². The van der Waals surface area contributed by atoms with E-state index in [2.05, 4.69) is 30.2 Å². The second-order valence-electron chi connectivity index (χ2n) is 5.64. The molecule has 0 spiro atoms. The van der Waals surface area contributed by atoms with E-state index >= 15 is 0 Å². The normalized spacial score (nSPS) is 12.8. The molecule has 0 fully saturated rings. The summed E-state index contributed by atoms with van der Waals surface area (Å²) in [5, 5.41) is 4.16. The molecule has 4 aromatic rings. The van der Waals surface area contributed by atoms with Crippen LogP contribution in [-0.2, 0) is 4.74 Å². The van der Waals surface area contributed by atoms with E-state index in [1.807, 2.05) is 36.1 Å². The Bertz CT molecular complexity index is 990. The number of rotatable bonds is 5. The zero-order valence-corrected chi connectivity index (χ0v) is 13.4. The minimum absolute atomic E-state index is 0.134. The number of H-pyrrole nitrogens is 1. The summed E-state index contributed by atoms with van der Waals surface area (Å²) in [7, 11) is 1.67. The van der Waals surface area contributed by atoms with Crippen molar-refractivity contribution in [1.82, 2.24) is 29.3 Å². The molecule has 4 rings (SSSR count). The molecule has 4 aromatic heterocycles. The maximum Gasteiger partial charge on any atom is 0.233 e. The first-order valence-corrected chi connectivity index (χ1v) is 7.63. The number of imidazole rings is 1. The number of methoxy groups -OCH3 is 1. The Morgan fingerprint density at radius 2 is 2.21 bits per heavy atom. The van der Waals surface area contributed by atoms with Crippen LogP contribution in [0.3, 0.4) is 0 Å². The predicted octanol–water partition coefficient (Wildman–Crippen LogP) is 2.11. The third-order valence-corrected chi connectivity index (χ3v) is 3.78. The Morgan fingerprint density at radius 3 is 3.08 bits per heavy atom. The topological polar surface area (TPSA) is 93.0 Å². The van der Waals surface area contributed by atoms with E-state index in [-0.39, 0.29) is 6.04 Å². The van der Waals surface area contributed by atoms with Crippen LogP contribution in [0.25, 0.3) is 27.9 Å². The highest BCUT2D eigenvalue weighted by Crippen LogP contribution is 2.27. The van der Waals surface area contributed by atoms with Crippen LogP contribution in [0, 0.1) is 0 Å². The van der Waals surface area contributed by atoms with Gasteiger partial charge in [0.15, 0.2) is 0 Å². The van der Waals surface area contributed by atoms with Crippen molar-refractivity contribution in [2.75, 3.05) is 19.0 Å². The lowest BCUT2D eigenvalue weighted by Crippen LogP contribution is -2.22. The minimum atomic E-state index is 0.134. The lowest BCUT2D eigenvalue weighted by atomic mass is 10.1. The molecule has 0 aliphatic carbocycles. The lowest BCUT2D eigenvalue weighted by Gasteiger charge is -2.12. The van der Waals surface area contributed by atoms with Crippen molar-refractivity contribution < 1.29 is 4.74 Å². The molecule has 2 N–H and O–H groups in total. The van der Waals surface area contributed by atoms with Crippen molar-refractivity contribution in [1.29, 1.82) is 0 Å². The standard InChI is InChI=1S/C16H17N7O/c1-10(9-24-2)21-15-19-7-13-12(6-18-14(13)22-15)11-5-20-16-17-3-4-23(16)8-11/h3-8,10H,9H2,1-2H3,(H2,18,19,21,22). The summed E-state index contributed by atoms with van der Waals surface area (Å²) in [6, 6.07) is 0.134. The first-order chi connectivity index (χ1) is 11.7. The highest BCUT2D eigenvalue weighted by atomic mass is 16.5. The van der Waals surface area contributed by atoms with Gasteiger partial charge in [-0.1, -0.05) is 0 Å². The van der Waals surface area contributed by atoms with Gasteiger partial charge in [-0.05, 0) is 6.92 Å². The summed E-state index contributed by atoms with van der Waals surface area (Å²) in [6.45, 7) is 2.61. The van der Waals surface area contributed by atoms with Gasteiger partial charge in [-0.2, -0.15) is 4.98 Å². The van der Waals surface area contributed by atoms with Gasteiger partial charge in [-0.25, -0.2) is 15.0 Å². The summed E-state index contributed by atoms with van der Waals surface area (Å²) in [5.41, 5.74) is 2.76. The number of anilines is 1. The molecule has 24 heavy (non-hydrogen) atoms. The van der Waals surface area contributed by atoms with Crippen LogP contribution in [0.15, 0.2) is 37.2 Å². The number of aromatic amines is 1. The monoisotopic (exact) mass is 323 g/mol. The Morgan fingerprint density at radius 1 is 1.29 bits per heavy atom. The van der Waals surface area contributed by atoms with E-state index in [1.54, 1.807) is 19.5 Å². The van der Waals surface area contributed by atoms with Crippen molar-refractivity contribution >= 4 is 22.8 Å². The number of aromatic nitrogens is 6. The lowest BCUT2D eigenvalue weighted by molar-refractivity contribution is 0.190. The molecule has 122 valence electrons. The van der Waals surface area contributed by atoms with Gasteiger partial charge in [-0.3, -0.25) is 4.40 Å². The number of hydrogen-bond acceptors (Lipinski definition) is 6. The van der Waals surface area contributed by atoms with Gasteiger partial charge in [-0.15, -0.1) is 0 Å². The maximum atomic E-state index is 5.11. The van der Waals surface area contributed by atoms with E-state index < -0.39 is 0 Å². The van der Waals surface area contributed by atoms with Crippen LogP contribution in [0.5, 0.6) is 0 Å². The van der Waals surface area contributed by atoms with E-state index in [4.69, 9.17) is 4.74 Å². The second-order valence-corrected chi connectivity index (χ2v) is 5.64. The molecule has 1 unspecified atom stereocenters. The Kier molecular flexibility index (Phi) is 3.58. The fourth-order valence-electron chi connectivity index (χ4n) is 2.68. The molecule has 0 radical (unpaired) electrons. The molecule has 0 bridgehead atoms. The van der Waals surface area contributed by atoms with Crippen LogP contribution < -0.4 is 5.32 Å². The number of nitrogens with zero attached hydrogens (tertiary/aromatic N) is 5. The molecule has 8 nitrogen and oxygen atoms in total. The van der Waals surface area contributed by atoms with Gasteiger partial charge in [0.1, 0.15) is 5.65 Å². The first kappa shape index (κ1) is 14.6. The predicted molar refractivity (Wildman–Crippen MR) is 90.8 cm³/mol. The summed E-state index contributed by atoms with van der Waals surface area (Å²) < 4.78 is 7.00. The molecule has 0 aliphatic heterocycles. The van der Waals surface area contributed by atoms with E-state index in [0.717, 1.165) is 22.2 Å². The van der Waals surface area contributed by atoms with Crippen molar-refractivity contribution in [2.24, 2.45) is 0 Å². The number of ether oxygens (including phenoxy) is 1. The quantitative estimate of drug-likeness (QED) is 0.584. The summed E-state index contributed by atoms with van der Waals surface area (Å²) in [6.07, 6.45) is 11.1. The molecule has 0 saturated carbocycles. The van der Waals surface area contributed by atoms with Gasteiger partial charge in [0, 0.05) is 66.8 Å². The van der Waals surface area contributed by atoms with E-state index in [9.17, 15) is 0 Å². The first-order valence-electron chi connectivity index (χ1n) is 7.63. The van der Waals surface area contributed by atoms with Gasteiger partial charge in [0.05, 0.1) is 6.61 Å². The summed E-state index contributed by atoms with van der Waals surface area (Å²) in [5.74, 6) is 1.25. The fourth-order valence-corrected chi connectivity index (χ4v) is 2.68. The molecule has 0 amide bonds. The summed E-state index contributed by atoms with van der Waals surface area (Å²) >= 11 is 0. The van der Waals surface area contributed by atoms with Crippen molar-refractivity contribution in [3.05, 3.63) is 37.2 Å². The van der Waals surface area contributed by atoms with Crippen LogP contribution in [0.2, 0.25) is 0 Å². The van der Waals surface area contributed by atoms with Gasteiger partial charge < -0.3 is 15.0 Å². The molecule has 0 saturated heterocycles. The third kappa shape index (κ3) is 2.56. The van der Waals surface area contributed by atoms with Crippen LogP contribution in [0.4, 0.5) is 5.95 Å². The number of hydrogen-bond donors (Lipinski definition) is 2. The highest BCUT2D eigenvalue weighted by Gasteiger charge is 2.11. The molecule has 4 heterocycles. The molecule has 0 aliphatic rings. The zero-order chi connectivity index (χ0) is 16.5. The van der Waals surface area contributed by atoms with Gasteiger partial charge >= 0.3 is 0 Å². The molecule has 1 atom stereocenters. The SMILES string of the molecule is COCC(C)Nc1ncc2c(-c3cnc4nccn4c3)c[nH]c2n1. The summed E-state index contributed by atoms with van der Waals surface area (Å²) in [4.78, 5) is 20.6. The van der Waals surface area contributed by atoms with Gasteiger partial charge in [0.25, 0.3) is 0 Å². The van der Waals surface area contributed by atoms with Crippen molar-refractivity contribution in [3.8, 4) is 11.1 Å². The zero-order valence-electron chi connectivity index (χ0n) is 13.4. The number of fused-ring (bicyclic) bond motifs is 2. The second kappa shape index (κ2) is 5.89. The van der Waals surface area contributed by atoms with E-state index in [0.29, 0.717) is 18.3 Å². The van der Waals surface area contributed by atoms with E-state index in [1.165, 1.54) is 0 Å². The highest BCUT2D eigenvalue weighted by molar-refractivity contribution is 5.93. The Hall–Kier alpha value is -3.00. The smallest absolute Gasteiger partial charge is 0.233 e. The van der Waals surface area contributed by atoms with Crippen molar-refractivity contribution in [3.63, 3.8) is 0 Å². The number of nitrogens with one attached hydrogen (secondary N) is 2. The molecule has 8 heteroatoms. The average Bonchev–Trinajstić information content (AvgIpc) is 3.20. The molecule has 0 aromatic carbocycles. The minimum Gasteiger partial charge on any atom is -0.383 e.